The van der Waals surface area contributed by atoms with Crippen molar-refractivity contribution in [1.82, 2.24) is 4.90 Å². The molecule has 1 saturated carbocycles. The highest BCUT2D eigenvalue weighted by Gasteiger charge is 2.62. The third-order valence-corrected chi connectivity index (χ3v) is 6.38. The number of amides is 1. The molecular formula is C18H20BrNO3. The van der Waals surface area contributed by atoms with E-state index in [1.807, 2.05) is 6.07 Å². The molecule has 1 saturated heterocycles. The number of aliphatic carboxylic acids is 1. The molecule has 0 bridgehead atoms. The molecule has 4 rings (SSSR count). The monoisotopic (exact) mass is 377 g/mol. The van der Waals surface area contributed by atoms with Gasteiger partial charge in [-0.2, -0.15) is 0 Å². The van der Waals surface area contributed by atoms with Gasteiger partial charge < -0.3 is 10.0 Å². The Morgan fingerprint density at radius 3 is 2.91 bits per heavy atom. The summed E-state index contributed by atoms with van der Waals surface area (Å²) in [5, 5.41) is 9.41. The standard InChI is InChI=1S/C18H20BrNO3/c19-12-4-5-13-11(9-12)6-7-18(13)10-14(18)16(21)20-8-2-1-3-15(20)17(22)23/h4-5,9,14-15H,1-3,6-8,10H2,(H,22,23). The number of aryl methyl sites for hydroxylation is 1. The Balaban J connectivity index is 1.58. The zero-order valence-electron chi connectivity index (χ0n) is 12.9. The molecule has 3 aliphatic rings. The van der Waals surface area contributed by atoms with Crippen LogP contribution in [0.5, 0.6) is 0 Å². The maximum atomic E-state index is 13.0. The molecular weight excluding hydrogens is 358 g/mol. The summed E-state index contributed by atoms with van der Waals surface area (Å²) < 4.78 is 1.08. The van der Waals surface area contributed by atoms with E-state index in [1.165, 1.54) is 11.1 Å². The number of likely N-dealkylation sites (tertiary alicyclic amines) is 1. The Kier molecular flexibility index (Phi) is 3.52. The summed E-state index contributed by atoms with van der Waals surface area (Å²) >= 11 is 3.51. The van der Waals surface area contributed by atoms with Crippen molar-refractivity contribution >= 4 is 27.8 Å². The first-order valence-corrected chi connectivity index (χ1v) is 9.14. The summed E-state index contributed by atoms with van der Waals surface area (Å²) in [5.41, 5.74) is 2.62. The maximum absolute atomic E-state index is 13.0. The van der Waals surface area contributed by atoms with Gasteiger partial charge in [-0.15, -0.1) is 0 Å². The lowest BCUT2D eigenvalue weighted by Gasteiger charge is -2.33. The highest BCUT2D eigenvalue weighted by Crippen LogP contribution is 2.62. The van der Waals surface area contributed by atoms with E-state index in [1.54, 1.807) is 4.90 Å². The number of halogens is 1. The second kappa shape index (κ2) is 5.33. The molecule has 1 amide bonds. The summed E-state index contributed by atoms with van der Waals surface area (Å²) in [6.45, 7) is 0.593. The molecule has 0 radical (unpaired) electrons. The number of carboxylic acids is 1. The second-order valence-corrected chi connectivity index (χ2v) is 8.01. The fraction of sp³-hybridized carbons (Fsp3) is 0.556. The van der Waals surface area contributed by atoms with Crippen LogP contribution in [-0.2, 0) is 21.4 Å². The van der Waals surface area contributed by atoms with E-state index in [9.17, 15) is 14.7 Å². The fourth-order valence-corrected chi connectivity index (χ4v) is 5.01. The van der Waals surface area contributed by atoms with Crippen molar-refractivity contribution in [2.24, 2.45) is 5.92 Å². The van der Waals surface area contributed by atoms with E-state index in [0.717, 1.165) is 36.6 Å². The molecule has 1 aromatic rings. The van der Waals surface area contributed by atoms with Crippen LogP contribution >= 0.6 is 15.9 Å². The van der Waals surface area contributed by atoms with Gasteiger partial charge in [0.15, 0.2) is 0 Å². The highest BCUT2D eigenvalue weighted by molar-refractivity contribution is 9.10. The first kappa shape index (κ1) is 15.2. The number of fused-ring (bicyclic) bond motifs is 2. The van der Waals surface area contributed by atoms with Crippen molar-refractivity contribution in [1.29, 1.82) is 0 Å². The van der Waals surface area contributed by atoms with Crippen LogP contribution < -0.4 is 0 Å². The first-order valence-electron chi connectivity index (χ1n) is 8.35. The summed E-state index contributed by atoms with van der Waals surface area (Å²) in [4.78, 5) is 26.1. The van der Waals surface area contributed by atoms with E-state index in [0.29, 0.717) is 13.0 Å². The van der Waals surface area contributed by atoms with Crippen LogP contribution in [0.15, 0.2) is 22.7 Å². The minimum atomic E-state index is -0.858. The van der Waals surface area contributed by atoms with Crippen LogP contribution in [0.25, 0.3) is 0 Å². The molecule has 122 valence electrons. The predicted octanol–water partition coefficient (Wildman–Crippen LogP) is 3.12. The molecule has 1 aromatic carbocycles. The quantitative estimate of drug-likeness (QED) is 0.861. The van der Waals surface area contributed by atoms with E-state index in [2.05, 4.69) is 28.1 Å². The van der Waals surface area contributed by atoms with Crippen molar-refractivity contribution in [2.45, 2.75) is 50.0 Å². The third-order valence-electron chi connectivity index (χ3n) is 5.89. The lowest BCUT2D eigenvalue weighted by molar-refractivity contribution is -0.152. The van der Waals surface area contributed by atoms with E-state index in [4.69, 9.17) is 0 Å². The van der Waals surface area contributed by atoms with Gasteiger partial charge in [-0.3, -0.25) is 4.79 Å². The van der Waals surface area contributed by atoms with Gasteiger partial charge in [-0.05, 0) is 61.8 Å². The fourth-order valence-electron chi connectivity index (χ4n) is 4.60. The SMILES string of the molecule is O=C(O)C1CCCCN1C(=O)C1CC12CCc1cc(Br)ccc12. The van der Waals surface area contributed by atoms with Crippen molar-refractivity contribution in [2.75, 3.05) is 6.54 Å². The van der Waals surface area contributed by atoms with E-state index < -0.39 is 12.0 Å². The predicted molar refractivity (Wildman–Crippen MR) is 89.2 cm³/mol. The van der Waals surface area contributed by atoms with Crippen molar-refractivity contribution in [3.8, 4) is 0 Å². The van der Waals surface area contributed by atoms with Crippen LogP contribution in [0.2, 0.25) is 0 Å². The number of hydrogen-bond donors (Lipinski definition) is 1. The zero-order chi connectivity index (χ0) is 16.2. The normalized spacial score (nSPS) is 32.0. The molecule has 4 nitrogen and oxygen atoms in total. The molecule has 3 unspecified atom stereocenters. The molecule has 23 heavy (non-hydrogen) atoms. The molecule has 5 heteroatoms. The average Bonchev–Trinajstić information content (AvgIpc) is 3.16. The summed E-state index contributed by atoms with van der Waals surface area (Å²) in [6.07, 6.45) is 5.31. The number of benzene rings is 1. The smallest absolute Gasteiger partial charge is 0.326 e. The Morgan fingerprint density at radius 2 is 2.13 bits per heavy atom. The van der Waals surface area contributed by atoms with Crippen molar-refractivity contribution < 1.29 is 14.7 Å². The van der Waals surface area contributed by atoms with Crippen LogP contribution in [-0.4, -0.2) is 34.5 Å². The maximum Gasteiger partial charge on any atom is 0.326 e. The number of carbonyl (C=O) groups is 2. The van der Waals surface area contributed by atoms with Crippen LogP contribution in [0.3, 0.4) is 0 Å². The van der Waals surface area contributed by atoms with Crippen LogP contribution in [0.4, 0.5) is 0 Å². The van der Waals surface area contributed by atoms with Gasteiger partial charge in [0.05, 0.1) is 0 Å². The van der Waals surface area contributed by atoms with Gasteiger partial charge in [0.2, 0.25) is 5.91 Å². The van der Waals surface area contributed by atoms with Gasteiger partial charge in [-0.25, -0.2) is 4.79 Å². The second-order valence-electron chi connectivity index (χ2n) is 7.10. The number of rotatable bonds is 2. The Bertz CT molecular complexity index is 689. The largest absolute Gasteiger partial charge is 0.480 e. The highest BCUT2D eigenvalue weighted by atomic mass is 79.9. The average molecular weight is 378 g/mol. The van der Waals surface area contributed by atoms with Crippen LogP contribution in [0, 0.1) is 5.92 Å². The van der Waals surface area contributed by atoms with Gasteiger partial charge in [-0.1, -0.05) is 22.0 Å². The molecule has 1 heterocycles. The van der Waals surface area contributed by atoms with Gasteiger partial charge >= 0.3 is 5.97 Å². The summed E-state index contributed by atoms with van der Waals surface area (Å²) in [6, 6.07) is 5.72. The lowest BCUT2D eigenvalue weighted by Crippen LogP contribution is -2.49. The van der Waals surface area contributed by atoms with E-state index in [-0.39, 0.29) is 17.2 Å². The van der Waals surface area contributed by atoms with Crippen LogP contribution in [0.1, 0.15) is 43.2 Å². The van der Waals surface area contributed by atoms with Gasteiger partial charge in [0.25, 0.3) is 0 Å². The molecule has 2 aliphatic carbocycles. The number of hydrogen-bond acceptors (Lipinski definition) is 2. The first-order chi connectivity index (χ1) is 11.0. The number of nitrogens with zero attached hydrogens (tertiary/aromatic N) is 1. The minimum Gasteiger partial charge on any atom is -0.480 e. The topological polar surface area (TPSA) is 57.6 Å². The summed E-state index contributed by atoms with van der Waals surface area (Å²) in [5.74, 6) is -0.818. The lowest BCUT2D eigenvalue weighted by atomic mass is 9.94. The Hall–Kier alpha value is -1.36. The van der Waals surface area contributed by atoms with Crippen molar-refractivity contribution in [3.05, 3.63) is 33.8 Å². The third kappa shape index (κ3) is 2.32. The Morgan fingerprint density at radius 1 is 1.30 bits per heavy atom. The Labute approximate surface area is 144 Å². The van der Waals surface area contributed by atoms with Crippen molar-refractivity contribution in [3.63, 3.8) is 0 Å². The van der Waals surface area contributed by atoms with E-state index >= 15 is 0 Å². The van der Waals surface area contributed by atoms with Gasteiger partial charge in [0, 0.05) is 22.4 Å². The van der Waals surface area contributed by atoms with Gasteiger partial charge in [0.1, 0.15) is 6.04 Å². The molecule has 3 atom stereocenters. The summed E-state index contributed by atoms with van der Waals surface area (Å²) in [7, 11) is 0. The number of piperidine rings is 1. The number of carboxylic acid groups (broad SMARTS) is 1. The number of carbonyl (C=O) groups excluding carboxylic acids is 1. The zero-order valence-corrected chi connectivity index (χ0v) is 14.5. The molecule has 1 spiro atoms. The molecule has 0 aromatic heterocycles. The molecule has 1 aliphatic heterocycles. The molecule has 1 N–H and O–H groups in total. The minimum absolute atomic E-state index is 0.0202. The molecule has 2 fully saturated rings.